The molecule has 4 rings (SSSR count). The highest BCUT2D eigenvalue weighted by Crippen LogP contribution is 2.34. The third kappa shape index (κ3) is 4.92. The van der Waals surface area contributed by atoms with Gasteiger partial charge in [0.1, 0.15) is 16.2 Å². The lowest BCUT2D eigenvalue weighted by atomic mass is 10.2. The van der Waals surface area contributed by atoms with Crippen molar-refractivity contribution in [3.63, 3.8) is 0 Å². The summed E-state index contributed by atoms with van der Waals surface area (Å²) in [6, 6.07) is 9.17. The monoisotopic (exact) mass is 476 g/mol. The molecular weight excluding hydrogens is 452 g/mol. The molecule has 1 saturated heterocycles. The lowest BCUT2D eigenvalue weighted by molar-refractivity contribution is -0.129. The van der Waals surface area contributed by atoms with Gasteiger partial charge < -0.3 is 4.90 Å². The van der Waals surface area contributed by atoms with Crippen molar-refractivity contribution in [2.45, 2.75) is 24.6 Å². The summed E-state index contributed by atoms with van der Waals surface area (Å²) < 4.78 is 26.9. The van der Waals surface area contributed by atoms with Crippen LogP contribution in [0.15, 0.2) is 41.7 Å². The highest BCUT2D eigenvalue weighted by Gasteiger charge is 2.29. The maximum absolute atomic E-state index is 12.7. The first-order valence-corrected chi connectivity index (χ1v) is 13.4. The smallest absolute Gasteiger partial charge is 0.233 e. The number of aryl methyl sites for hydroxylation is 2. The zero-order chi connectivity index (χ0) is 22.0. The summed E-state index contributed by atoms with van der Waals surface area (Å²) >= 11 is 3.06. The first-order chi connectivity index (χ1) is 14.8. The fraction of sp³-hybridized carbons (Fsp3) is 0.381. The van der Waals surface area contributed by atoms with E-state index in [1.807, 2.05) is 30.3 Å². The molecule has 0 atom stereocenters. The van der Waals surface area contributed by atoms with Crippen LogP contribution in [-0.2, 0) is 20.6 Å². The second-order valence-corrected chi connectivity index (χ2v) is 11.6. The molecule has 164 valence electrons. The number of carbonyl (C=O) groups is 1. The Morgan fingerprint density at radius 3 is 2.52 bits per heavy atom. The van der Waals surface area contributed by atoms with Crippen LogP contribution in [0.2, 0.25) is 0 Å². The van der Waals surface area contributed by atoms with E-state index in [4.69, 9.17) is 0 Å². The number of piperazine rings is 1. The Labute approximate surface area is 190 Å². The molecule has 0 aliphatic carbocycles. The van der Waals surface area contributed by atoms with Crippen molar-refractivity contribution in [1.29, 1.82) is 0 Å². The largest absolute Gasteiger partial charge is 0.339 e. The number of thioether (sulfide) groups is 1. The molecule has 7 nitrogen and oxygen atoms in total. The van der Waals surface area contributed by atoms with Crippen molar-refractivity contribution in [3.05, 3.63) is 52.7 Å². The van der Waals surface area contributed by atoms with Gasteiger partial charge in [-0.3, -0.25) is 4.79 Å². The summed E-state index contributed by atoms with van der Waals surface area (Å²) in [5.41, 5.74) is 1.93. The minimum atomic E-state index is -3.39. The van der Waals surface area contributed by atoms with Gasteiger partial charge in [0.15, 0.2) is 0 Å². The van der Waals surface area contributed by atoms with Crippen LogP contribution in [0.5, 0.6) is 0 Å². The van der Waals surface area contributed by atoms with Crippen LogP contribution in [0.3, 0.4) is 0 Å². The van der Waals surface area contributed by atoms with E-state index in [1.54, 1.807) is 22.6 Å². The Balaban J connectivity index is 1.34. The maximum Gasteiger partial charge on any atom is 0.233 e. The molecule has 0 unspecified atom stereocenters. The molecule has 0 radical (unpaired) electrons. The fourth-order valence-electron chi connectivity index (χ4n) is 3.57. The van der Waals surface area contributed by atoms with Crippen LogP contribution in [0, 0.1) is 13.8 Å². The first kappa shape index (κ1) is 22.2. The number of fused-ring (bicyclic) bond motifs is 1. The van der Waals surface area contributed by atoms with Gasteiger partial charge in [0, 0.05) is 36.4 Å². The van der Waals surface area contributed by atoms with Gasteiger partial charge in [0.25, 0.3) is 0 Å². The molecule has 10 heteroatoms. The number of rotatable bonds is 6. The molecule has 0 N–H and O–H groups in total. The SMILES string of the molecule is Cc1sc2ncnc(SCC(=O)N3CCN(S(=O)(=O)Cc4ccccc4)CC3)c2c1C. The molecule has 3 heterocycles. The zero-order valence-corrected chi connectivity index (χ0v) is 19.9. The van der Waals surface area contributed by atoms with Gasteiger partial charge in [-0.25, -0.2) is 18.4 Å². The highest BCUT2D eigenvalue weighted by molar-refractivity contribution is 8.00. The second-order valence-electron chi connectivity index (χ2n) is 7.45. The van der Waals surface area contributed by atoms with Crippen LogP contribution < -0.4 is 0 Å². The van der Waals surface area contributed by atoms with E-state index in [-0.39, 0.29) is 17.4 Å². The number of nitrogens with zero attached hydrogens (tertiary/aromatic N) is 4. The molecule has 1 fully saturated rings. The number of hydrogen-bond acceptors (Lipinski definition) is 7. The molecule has 1 aromatic carbocycles. The minimum absolute atomic E-state index is 0.00136. The number of sulfonamides is 1. The Morgan fingerprint density at radius 1 is 1.10 bits per heavy atom. The van der Waals surface area contributed by atoms with Gasteiger partial charge in [-0.1, -0.05) is 42.1 Å². The third-order valence-electron chi connectivity index (χ3n) is 5.44. The summed E-state index contributed by atoms with van der Waals surface area (Å²) in [6.07, 6.45) is 1.54. The predicted octanol–water partition coefficient (Wildman–Crippen LogP) is 3.07. The Kier molecular flexibility index (Phi) is 6.61. The van der Waals surface area contributed by atoms with Gasteiger partial charge in [0.2, 0.25) is 15.9 Å². The van der Waals surface area contributed by atoms with Crippen molar-refractivity contribution in [2.24, 2.45) is 0 Å². The first-order valence-electron chi connectivity index (χ1n) is 9.98. The Hall–Kier alpha value is -2.01. The summed E-state index contributed by atoms with van der Waals surface area (Å²) in [7, 11) is -3.39. The lowest BCUT2D eigenvalue weighted by Crippen LogP contribution is -2.51. The molecule has 1 aliphatic heterocycles. The lowest BCUT2D eigenvalue weighted by Gasteiger charge is -2.34. The summed E-state index contributed by atoms with van der Waals surface area (Å²) in [5.74, 6) is 0.263. The van der Waals surface area contributed by atoms with Crippen LogP contribution in [0.4, 0.5) is 0 Å². The molecule has 1 aliphatic rings. The van der Waals surface area contributed by atoms with E-state index in [2.05, 4.69) is 23.8 Å². The van der Waals surface area contributed by atoms with Gasteiger partial charge in [-0.2, -0.15) is 4.31 Å². The topological polar surface area (TPSA) is 83.5 Å². The number of amides is 1. The van der Waals surface area contributed by atoms with Gasteiger partial charge in [0.05, 0.1) is 11.5 Å². The number of carbonyl (C=O) groups excluding carboxylic acids is 1. The molecule has 1 amide bonds. The van der Waals surface area contributed by atoms with Crippen molar-refractivity contribution in [2.75, 3.05) is 31.9 Å². The standard InChI is InChI=1S/C21H24N4O3S3/c1-15-16(2)30-21-19(15)20(22-14-23-21)29-12-18(26)24-8-10-25(11-9-24)31(27,28)13-17-6-4-3-5-7-17/h3-7,14H,8-13H2,1-2H3. The molecular formula is C21H24N4O3S3. The molecule has 0 saturated carbocycles. The van der Waals surface area contributed by atoms with E-state index in [0.717, 1.165) is 26.4 Å². The highest BCUT2D eigenvalue weighted by atomic mass is 32.2. The van der Waals surface area contributed by atoms with Crippen molar-refractivity contribution >= 4 is 49.2 Å². The number of aromatic nitrogens is 2. The van der Waals surface area contributed by atoms with E-state index in [1.165, 1.54) is 20.9 Å². The van der Waals surface area contributed by atoms with Crippen LogP contribution in [-0.4, -0.2) is 65.4 Å². The third-order valence-corrected chi connectivity index (χ3v) is 9.38. The predicted molar refractivity (Wildman–Crippen MR) is 125 cm³/mol. The van der Waals surface area contributed by atoms with Crippen LogP contribution in [0.25, 0.3) is 10.2 Å². The Bertz CT molecular complexity index is 1190. The van der Waals surface area contributed by atoms with Crippen molar-refractivity contribution < 1.29 is 13.2 Å². The van der Waals surface area contributed by atoms with Crippen LogP contribution >= 0.6 is 23.1 Å². The number of benzene rings is 1. The number of thiophene rings is 1. The molecule has 0 spiro atoms. The average molecular weight is 477 g/mol. The molecule has 0 bridgehead atoms. The van der Waals surface area contributed by atoms with E-state index < -0.39 is 10.0 Å². The second kappa shape index (κ2) is 9.23. The van der Waals surface area contributed by atoms with Crippen molar-refractivity contribution in [1.82, 2.24) is 19.2 Å². The fourth-order valence-corrected chi connectivity index (χ4v) is 7.11. The van der Waals surface area contributed by atoms with Gasteiger partial charge in [-0.15, -0.1) is 11.3 Å². The van der Waals surface area contributed by atoms with Crippen molar-refractivity contribution in [3.8, 4) is 0 Å². The molecule has 3 aromatic rings. The van der Waals surface area contributed by atoms with Gasteiger partial charge in [-0.05, 0) is 25.0 Å². The average Bonchev–Trinajstić information content (AvgIpc) is 3.06. The quantitative estimate of drug-likeness (QED) is 0.402. The van der Waals surface area contributed by atoms with Crippen LogP contribution in [0.1, 0.15) is 16.0 Å². The summed E-state index contributed by atoms with van der Waals surface area (Å²) in [5, 5.41) is 1.85. The van der Waals surface area contributed by atoms with Gasteiger partial charge >= 0.3 is 0 Å². The zero-order valence-electron chi connectivity index (χ0n) is 17.4. The van der Waals surface area contributed by atoms with E-state index in [9.17, 15) is 13.2 Å². The molecule has 2 aromatic heterocycles. The normalized spacial score (nSPS) is 15.5. The summed E-state index contributed by atoms with van der Waals surface area (Å²) in [4.78, 5) is 25.4. The number of hydrogen-bond donors (Lipinski definition) is 0. The minimum Gasteiger partial charge on any atom is -0.339 e. The Morgan fingerprint density at radius 2 is 1.81 bits per heavy atom. The summed E-state index contributed by atoms with van der Waals surface area (Å²) in [6.45, 7) is 5.58. The van der Waals surface area contributed by atoms with E-state index in [0.29, 0.717) is 26.2 Å². The molecule has 31 heavy (non-hydrogen) atoms. The van der Waals surface area contributed by atoms with E-state index >= 15 is 0 Å². The maximum atomic E-state index is 12.7.